The molecule has 0 aliphatic carbocycles. The SMILES string of the molecule is CC=Cc1ccc([C@H]2[C@@H](CO)N(Cc3ccccn3)[C@@H]2CNC(=O)CC)cc1. The van der Waals surface area contributed by atoms with Crippen LogP contribution < -0.4 is 5.32 Å². The zero-order valence-electron chi connectivity index (χ0n) is 16.6. The summed E-state index contributed by atoms with van der Waals surface area (Å²) < 4.78 is 0. The molecule has 148 valence electrons. The lowest BCUT2D eigenvalue weighted by molar-refractivity contribution is -0.122. The van der Waals surface area contributed by atoms with Crippen molar-refractivity contribution < 1.29 is 9.90 Å². The summed E-state index contributed by atoms with van der Waals surface area (Å²) in [5, 5.41) is 13.1. The van der Waals surface area contributed by atoms with E-state index in [2.05, 4.69) is 45.5 Å². The zero-order valence-corrected chi connectivity index (χ0v) is 16.6. The lowest BCUT2D eigenvalue weighted by Crippen LogP contribution is -2.66. The van der Waals surface area contributed by atoms with Crippen LogP contribution in [0.1, 0.15) is 43.0 Å². The fourth-order valence-electron chi connectivity index (χ4n) is 4.00. The first-order valence-corrected chi connectivity index (χ1v) is 9.93. The smallest absolute Gasteiger partial charge is 0.219 e. The number of allylic oxidation sites excluding steroid dienone is 1. The van der Waals surface area contributed by atoms with E-state index in [1.165, 1.54) is 5.56 Å². The van der Waals surface area contributed by atoms with Crippen LogP contribution in [0.4, 0.5) is 0 Å². The highest BCUT2D eigenvalue weighted by Crippen LogP contribution is 2.41. The molecule has 28 heavy (non-hydrogen) atoms. The molecule has 1 fully saturated rings. The Morgan fingerprint density at radius 2 is 2.00 bits per heavy atom. The Hall–Kier alpha value is -2.50. The zero-order chi connectivity index (χ0) is 19.9. The average Bonchev–Trinajstić information content (AvgIpc) is 2.72. The van der Waals surface area contributed by atoms with Crippen LogP contribution in [0.15, 0.2) is 54.7 Å². The molecule has 0 spiro atoms. The van der Waals surface area contributed by atoms with E-state index in [4.69, 9.17) is 0 Å². The number of amides is 1. The van der Waals surface area contributed by atoms with Gasteiger partial charge in [0.1, 0.15) is 0 Å². The monoisotopic (exact) mass is 379 g/mol. The van der Waals surface area contributed by atoms with Crippen molar-refractivity contribution in [2.75, 3.05) is 13.2 Å². The third-order valence-corrected chi connectivity index (χ3v) is 5.45. The molecule has 3 atom stereocenters. The molecule has 2 aromatic rings. The Kier molecular flexibility index (Phi) is 6.95. The lowest BCUT2D eigenvalue weighted by Gasteiger charge is -2.55. The average molecular weight is 380 g/mol. The van der Waals surface area contributed by atoms with Crippen LogP contribution in [0, 0.1) is 0 Å². The molecule has 1 aliphatic rings. The van der Waals surface area contributed by atoms with E-state index in [1.54, 1.807) is 6.20 Å². The molecule has 2 N–H and O–H groups in total. The van der Waals surface area contributed by atoms with E-state index in [1.807, 2.05) is 38.1 Å². The number of aromatic nitrogens is 1. The second-order valence-corrected chi connectivity index (χ2v) is 7.16. The Morgan fingerprint density at radius 1 is 1.21 bits per heavy atom. The van der Waals surface area contributed by atoms with E-state index in [-0.39, 0.29) is 30.5 Å². The van der Waals surface area contributed by atoms with Crippen molar-refractivity contribution in [3.8, 4) is 0 Å². The van der Waals surface area contributed by atoms with Crippen molar-refractivity contribution >= 4 is 12.0 Å². The Morgan fingerprint density at radius 3 is 2.61 bits per heavy atom. The quantitative estimate of drug-likeness (QED) is 0.740. The van der Waals surface area contributed by atoms with Gasteiger partial charge in [0.2, 0.25) is 5.91 Å². The summed E-state index contributed by atoms with van der Waals surface area (Å²) in [5.74, 6) is 0.220. The number of benzene rings is 1. The summed E-state index contributed by atoms with van der Waals surface area (Å²) in [7, 11) is 0. The summed E-state index contributed by atoms with van der Waals surface area (Å²) in [6.07, 6.45) is 6.35. The first kappa shape index (κ1) is 20.2. The van der Waals surface area contributed by atoms with Crippen LogP contribution >= 0.6 is 0 Å². The maximum atomic E-state index is 11.8. The molecule has 0 unspecified atom stereocenters. The first-order chi connectivity index (χ1) is 13.7. The van der Waals surface area contributed by atoms with Crippen molar-refractivity contribution in [2.45, 2.75) is 44.8 Å². The molecule has 1 amide bonds. The third kappa shape index (κ3) is 4.49. The molecule has 0 bridgehead atoms. The van der Waals surface area contributed by atoms with Gasteiger partial charge < -0.3 is 10.4 Å². The summed E-state index contributed by atoms with van der Waals surface area (Å²) in [5.41, 5.74) is 3.32. The highest BCUT2D eigenvalue weighted by Gasteiger charge is 2.48. The highest BCUT2D eigenvalue weighted by atomic mass is 16.3. The fourth-order valence-corrected chi connectivity index (χ4v) is 4.00. The molecule has 3 rings (SSSR count). The van der Waals surface area contributed by atoms with Crippen LogP contribution in [-0.4, -0.2) is 46.1 Å². The summed E-state index contributed by atoms with van der Waals surface area (Å²) >= 11 is 0. The van der Waals surface area contributed by atoms with Crippen molar-refractivity contribution in [2.24, 2.45) is 0 Å². The van der Waals surface area contributed by atoms with Gasteiger partial charge in [0.05, 0.1) is 12.3 Å². The van der Waals surface area contributed by atoms with E-state index in [9.17, 15) is 9.90 Å². The normalized spacial score (nSPS) is 22.2. The van der Waals surface area contributed by atoms with Crippen molar-refractivity contribution in [1.82, 2.24) is 15.2 Å². The Labute approximate surface area is 167 Å². The topological polar surface area (TPSA) is 65.5 Å². The number of pyridine rings is 1. The molecule has 0 saturated carbocycles. The first-order valence-electron chi connectivity index (χ1n) is 9.93. The maximum absolute atomic E-state index is 11.8. The molecule has 1 aliphatic heterocycles. The van der Waals surface area contributed by atoms with Crippen LogP contribution in [0.3, 0.4) is 0 Å². The number of rotatable bonds is 8. The number of carbonyl (C=O) groups is 1. The van der Waals surface area contributed by atoms with Crippen LogP contribution in [-0.2, 0) is 11.3 Å². The van der Waals surface area contributed by atoms with Gasteiger partial charge in [-0.1, -0.05) is 49.4 Å². The molecule has 5 nitrogen and oxygen atoms in total. The predicted octanol–water partition coefficient (Wildman–Crippen LogP) is 2.97. The molecule has 1 aromatic heterocycles. The van der Waals surface area contributed by atoms with Gasteiger partial charge in [0.15, 0.2) is 0 Å². The summed E-state index contributed by atoms with van der Waals surface area (Å²) in [6.45, 7) is 5.16. The number of hydrogen-bond donors (Lipinski definition) is 2. The van der Waals surface area contributed by atoms with Crippen LogP contribution in [0.5, 0.6) is 0 Å². The van der Waals surface area contributed by atoms with Gasteiger partial charge in [-0.15, -0.1) is 0 Å². The minimum atomic E-state index is 0.0121. The van der Waals surface area contributed by atoms with Gasteiger partial charge in [-0.25, -0.2) is 0 Å². The van der Waals surface area contributed by atoms with E-state index in [0.717, 1.165) is 11.3 Å². The second kappa shape index (κ2) is 9.62. The summed E-state index contributed by atoms with van der Waals surface area (Å²) in [4.78, 5) is 18.5. The van der Waals surface area contributed by atoms with Gasteiger partial charge in [-0.2, -0.15) is 0 Å². The van der Waals surface area contributed by atoms with Gasteiger partial charge in [0.25, 0.3) is 0 Å². The van der Waals surface area contributed by atoms with Gasteiger partial charge >= 0.3 is 0 Å². The molecule has 0 radical (unpaired) electrons. The second-order valence-electron chi connectivity index (χ2n) is 7.16. The van der Waals surface area contributed by atoms with Crippen molar-refractivity contribution in [3.63, 3.8) is 0 Å². The molecule has 2 heterocycles. The molecule has 1 saturated heterocycles. The van der Waals surface area contributed by atoms with Crippen molar-refractivity contribution in [1.29, 1.82) is 0 Å². The van der Waals surface area contributed by atoms with E-state index < -0.39 is 0 Å². The summed E-state index contributed by atoms with van der Waals surface area (Å²) in [6, 6.07) is 14.5. The third-order valence-electron chi connectivity index (χ3n) is 5.45. The number of aliphatic hydroxyl groups excluding tert-OH is 1. The van der Waals surface area contributed by atoms with Gasteiger partial charge in [-0.05, 0) is 30.2 Å². The fraction of sp³-hybridized carbons (Fsp3) is 0.391. The molecular formula is C23H29N3O2. The molecule has 5 heteroatoms. The van der Waals surface area contributed by atoms with Crippen LogP contribution in [0.2, 0.25) is 0 Å². The van der Waals surface area contributed by atoms with Gasteiger partial charge in [-0.3, -0.25) is 14.7 Å². The van der Waals surface area contributed by atoms with E-state index >= 15 is 0 Å². The number of hydrogen-bond acceptors (Lipinski definition) is 4. The van der Waals surface area contributed by atoms with Gasteiger partial charge in [0, 0.05) is 43.7 Å². The lowest BCUT2D eigenvalue weighted by atomic mass is 9.74. The number of carbonyl (C=O) groups excluding carboxylic acids is 1. The van der Waals surface area contributed by atoms with Crippen molar-refractivity contribution in [3.05, 3.63) is 71.6 Å². The predicted molar refractivity (Wildman–Crippen MR) is 112 cm³/mol. The minimum absolute atomic E-state index is 0.0121. The maximum Gasteiger partial charge on any atom is 0.219 e. The standard InChI is InChI=1S/C23H29N3O2/c1-3-7-17-9-11-18(12-10-17)23-20(14-25-22(28)4-2)26(21(23)16-27)15-19-8-5-6-13-24-19/h3,5-13,20-21,23,27H,4,14-16H2,1-2H3,(H,25,28)/t20-,21-,23-/m1/s1. The number of likely N-dealkylation sites (tertiary alicyclic amines) is 1. The van der Waals surface area contributed by atoms with E-state index in [0.29, 0.717) is 19.5 Å². The highest BCUT2D eigenvalue weighted by molar-refractivity contribution is 5.75. The molecule has 1 aromatic carbocycles. The molecular weight excluding hydrogens is 350 g/mol. The Bertz CT molecular complexity index is 789. The number of nitrogens with one attached hydrogen (secondary N) is 1. The number of aliphatic hydroxyl groups is 1. The van der Waals surface area contributed by atoms with Crippen LogP contribution in [0.25, 0.3) is 6.08 Å². The minimum Gasteiger partial charge on any atom is -0.395 e. The Balaban J connectivity index is 1.82. The largest absolute Gasteiger partial charge is 0.395 e. The number of nitrogens with zero attached hydrogens (tertiary/aromatic N) is 2.